The fourth-order valence-corrected chi connectivity index (χ4v) is 6.82. The van der Waals surface area contributed by atoms with Gasteiger partial charge < -0.3 is 10.2 Å². The zero-order valence-electron chi connectivity index (χ0n) is 14.1. The topological polar surface area (TPSA) is 74.6 Å². The van der Waals surface area contributed by atoms with Gasteiger partial charge in [0, 0.05) is 17.8 Å². The van der Waals surface area contributed by atoms with E-state index in [0.717, 1.165) is 25.7 Å². The lowest BCUT2D eigenvalue weighted by Crippen LogP contribution is -2.61. The van der Waals surface area contributed by atoms with Gasteiger partial charge in [0.05, 0.1) is 6.10 Å². The Balaban J connectivity index is 1.72. The van der Waals surface area contributed by atoms with Crippen LogP contribution in [0.4, 0.5) is 0 Å². The normalized spacial score (nSPS) is 56.0. The van der Waals surface area contributed by atoms with Crippen LogP contribution in [0, 0.1) is 34.5 Å². The second-order valence-corrected chi connectivity index (χ2v) is 9.03. The van der Waals surface area contributed by atoms with E-state index in [1.807, 2.05) is 0 Å². The van der Waals surface area contributed by atoms with Crippen LogP contribution in [0.3, 0.4) is 0 Å². The molecule has 128 valence electrons. The van der Waals surface area contributed by atoms with E-state index < -0.39 is 12.2 Å². The predicted octanol–water partition coefficient (Wildman–Crippen LogP) is 2.11. The van der Waals surface area contributed by atoms with Gasteiger partial charge in [-0.1, -0.05) is 13.8 Å². The summed E-state index contributed by atoms with van der Waals surface area (Å²) in [7, 11) is 0. The van der Waals surface area contributed by atoms with Gasteiger partial charge in [0.2, 0.25) is 0 Å². The van der Waals surface area contributed by atoms with Crippen LogP contribution in [0.15, 0.2) is 0 Å². The SMILES string of the molecule is C[C@]12CC[C@H](O)C(=O)C1C[C@H](O)[C@@H]1[C@@H]2CC[C@]2(C)C(=O)CC[C@@H]12. The Morgan fingerprint density at radius 1 is 1.00 bits per heavy atom. The highest BCUT2D eigenvalue weighted by Gasteiger charge is 2.64. The second kappa shape index (κ2) is 4.89. The molecular formula is C19H28O4. The minimum absolute atomic E-state index is 0.0629. The van der Waals surface area contributed by atoms with Gasteiger partial charge in [0.1, 0.15) is 11.9 Å². The van der Waals surface area contributed by atoms with Crippen LogP contribution in [0.5, 0.6) is 0 Å². The Labute approximate surface area is 137 Å². The number of hydrogen-bond donors (Lipinski definition) is 2. The molecule has 4 heteroatoms. The van der Waals surface area contributed by atoms with Gasteiger partial charge in [-0.25, -0.2) is 0 Å². The lowest BCUT2D eigenvalue weighted by atomic mass is 9.44. The van der Waals surface area contributed by atoms with Crippen molar-refractivity contribution in [3.63, 3.8) is 0 Å². The number of aliphatic hydroxyl groups is 2. The molecule has 8 atom stereocenters. The van der Waals surface area contributed by atoms with Gasteiger partial charge in [0.25, 0.3) is 0 Å². The summed E-state index contributed by atoms with van der Waals surface area (Å²) in [6, 6.07) is 0. The number of rotatable bonds is 0. The van der Waals surface area contributed by atoms with E-state index in [9.17, 15) is 19.8 Å². The van der Waals surface area contributed by atoms with Crippen molar-refractivity contribution in [2.45, 2.75) is 71.0 Å². The Kier molecular flexibility index (Phi) is 3.35. The highest BCUT2D eigenvalue weighted by Crippen LogP contribution is 2.64. The van der Waals surface area contributed by atoms with Crippen LogP contribution in [0.2, 0.25) is 0 Å². The fourth-order valence-electron chi connectivity index (χ4n) is 6.82. The molecule has 4 fully saturated rings. The highest BCUT2D eigenvalue weighted by molar-refractivity contribution is 5.88. The maximum Gasteiger partial charge on any atom is 0.164 e. The summed E-state index contributed by atoms with van der Waals surface area (Å²) in [6.07, 6.45) is 3.87. The lowest BCUT2D eigenvalue weighted by Gasteiger charge is -2.60. The largest absolute Gasteiger partial charge is 0.393 e. The molecule has 4 rings (SSSR count). The fraction of sp³-hybridized carbons (Fsp3) is 0.895. The van der Waals surface area contributed by atoms with E-state index >= 15 is 0 Å². The zero-order chi connectivity index (χ0) is 16.6. The molecule has 0 aromatic rings. The van der Waals surface area contributed by atoms with Gasteiger partial charge in [0.15, 0.2) is 5.78 Å². The van der Waals surface area contributed by atoms with Gasteiger partial charge in [-0.3, -0.25) is 9.59 Å². The lowest BCUT2D eigenvalue weighted by molar-refractivity contribution is -0.179. The molecule has 0 spiro atoms. The number of carbonyl (C=O) groups excluding carboxylic acids is 2. The average molecular weight is 320 g/mol. The molecule has 4 saturated carbocycles. The first-order chi connectivity index (χ1) is 10.8. The van der Waals surface area contributed by atoms with Crippen LogP contribution < -0.4 is 0 Å². The molecule has 23 heavy (non-hydrogen) atoms. The third-order valence-electron chi connectivity index (χ3n) is 8.23. The molecule has 4 aliphatic rings. The average Bonchev–Trinajstić information content (AvgIpc) is 2.82. The monoisotopic (exact) mass is 320 g/mol. The minimum atomic E-state index is -0.848. The molecule has 1 unspecified atom stereocenters. The molecular weight excluding hydrogens is 292 g/mol. The molecule has 4 nitrogen and oxygen atoms in total. The highest BCUT2D eigenvalue weighted by atomic mass is 16.3. The predicted molar refractivity (Wildman–Crippen MR) is 84.5 cm³/mol. The van der Waals surface area contributed by atoms with Gasteiger partial charge in [-0.05, 0) is 61.7 Å². The summed E-state index contributed by atoms with van der Waals surface area (Å²) in [5.41, 5.74) is -0.378. The molecule has 4 aliphatic carbocycles. The molecule has 0 heterocycles. The molecule has 0 aliphatic heterocycles. The van der Waals surface area contributed by atoms with Gasteiger partial charge in [-0.2, -0.15) is 0 Å². The van der Waals surface area contributed by atoms with Crippen molar-refractivity contribution in [3.8, 4) is 0 Å². The van der Waals surface area contributed by atoms with Crippen molar-refractivity contribution in [1.82, 2.24) is 0 Å². The Morgan fingerprint density at radius 3 is 2.48 bits per heavy atom. The number of carbonyl (C=O) groups is 2. The minimum Gasteiger partial charge on any atom is -0.393 e. The van der Waals surface area contributed by atoms with Crippen LogP contribution in [-0.4, -0.2) is 34.0 Å². The van der Waals surface area contributed by atoms with E-state index in [2.05, 4.69) is 13.8 Å². The quantitative estimate of drug-likeness (QED) is 0.717. The number of Topliss-reactive ketones (excluding diaryl/α,β-unsaturated/α-hetero) is 2. The van der Waals surface area contributed by atoms with Crippen molar-refractivity contribution in [1.29, 1.82) is 0 Å². The Bertz CT molecular complexity index is 558. The molecule has 0 saturated heterocycles. The molecule has 2 N–H and O–H groups in total. The van der Waals surface area contributed by atoms with Crippen LogP contribution in [0.25, 0.3) is 0 Å². The van der Waals surface area contributed by atoms with E-state index in [1.54, 1.807) is 0 Å². The number of ketones is 2. The summed E-state index contributed by atoms with van der Waals surface area (Å²) in [6.45, 7) is 4.30. The first kappa shape index (κ1) is 15.8. The first-order valence-corrected chi connectivity index (χ1v) is 9.22. The van der Waals surface area contributed by atoms with Crippen molar-refractivity contribution >= 4 is 11.6 Å². The molecule has 0 aromatic carbocycles. The molecule has 0 bridgehead atoms. The smallest absolute Gasteiger partial charge is 0.164 e. The molecule has 0 aromatic heterocycles. The third-order valence-corrected chi connectivity index (χ3v) is 8.23. The van der Waals surface area contributed by atoms with Crippen molar-refractivity contribution in [2.75, 3.05) is 0 Å². The maximum atomic E-state index is 12.5. The molecule has 0 amide bonds. The van der Waals surface area contributed by atoms with Crippen molar-refractivity contribution in [3.05, 3.63) is 0 Å². The number of fused-ring (bicyclic) bond motifs is 5. The van der Waals surface area contributed by atoms with Crippen LogP contribution in [0.1, 0.15) is 58.8 Å². The van der Waals surface area contributed by atoms with Crippen LogP contribution in [-0.2, 0) is 9.59 Å². The number of hydrogen-bond acceptors (Lipinski definition) is 4. The van der Waals surface area contributed by atoms with E-state index in [4.69, 9.17) is 0 Å². The summed E-state index contributed by atoms with van der Waals surface area (Å²) in [5, 5.41) is 20.8. The Hall–Kier alpha value is -0.740. The van der Waals surface area contributed by atoms with E-state index in [1.165, 1.54) is 0 Å². The summed E-state index contributed by atoms with van der Waals surface area (Å²) in [5.74, 6) is 0.802. The van der Waals surface area contributed by atoms with E-state index in [-0.39, 0.29) is 34.4 Å². The molecule has 0 radical (unpaired) electrons. The Morgan fingerprint density at radius 2 is 1.74 bits per heavy atom. The van der Waals surface area contributed by atoms with Crippen molar-refractivity contribution < 1.29 is 19.8 Å². The van der Waals surface area contributed by atoms with E-state index in [0.29, 0.717) is 31.0 Å². The second-order valence-electron chi connectivity index (χ2n) is 9.03. The standard InChI is InChI=1S/C19H28O4/c1-18-8-6-13(20)17(23)12(18)9-14(21)16-10-3-4-15(22)19(10,2)7-5-11(16)18/h10-14,16,20-21H,3-9H2,1-2H3/t10-,11-,12?,13-,14-,16-,18+,19-/m0/s1. The number of aliphatic hydroxyl groups excluding tert-OH is 2. The van der Waals surface area contributed by atoms with Gasteiger partial charge in [-0.15, -0.1) is 0 Å². The summed E-state index contributed by atoms with van der Waals surface area (Å²) < 4.78 is 0. The summed E-state index contributed by atoms with van der Waals surface area (Å²) >= 11 is 0. The van der Waals surface area contributed by atoms with Crippen molar-refractivity contribution in [2.24, 2.45) is 34.5 Å². The van der Waals surface area contributed by atoms with Crippen LogP contribution >= 0.6 is 0 Å². The van der Waals surface area contributed by atoms with Gasteiger partial charge >= 0.3 is 0 Å². The first-order valence-electron chi connectivity index (χ1n) is 9.22. The zero-order valence-corrected chi connectivity index (χ0v) is 14.1. The maximum absolute atomic E-state index is 12.5. The third kappa shape index (κ3) is 1.91. The summed E-state index contributed by atoms with van der Waals surface area (Å²) in [4.78, 5) is 24.9.